The van der Waals surface area contributed by atoms with Crippen LogP contribution in [0, 0.1) is 0 Å². The molecule has 0 saturated carbocycles. The zero-order chi connectivity index (χ0) is 19.5. The molecule has 142 valence electrons. The molecule has 0 aliphatic rings. The maximum Gasteiger partial charge on any atom is 0.262 e. The second-order valence-corrected chi connectivity index (χ2v) is 7.37. The van der Waals surface area contributed by atoms with Crippen molar-refractivity contribution in [3.63, 3.8) is 0 Å². The number of anilines is 1. The van der Waals surface area contributed by atoms with Crippen molar-refractivity contribution in [1.29, 1.82) is 0 Å². The fourth-order valence-electron chi connectivity index (χ4n) is 2.99. The lowest BCUT2D eigenvalue weighted by Crippen LogP contribution is -2.34. The van der Waals surface area contributed by atoms with E-state index in [0.717, 1.165) is 15.2 Å². The topological polar surface area (TPSA) is 88.9 Å². The molecule has 28 heavy (non-hydrogen) atoms. The minimum Gasteiger partial charge on any atom is -0.277 e. The van der Waals surface area contributed by atoms with Crippen molar-refractivity contribution in [2.75, 3.05) is 5.43 Å². The van der Waals surface area contributed by atoms with Crippen LogP contribution in [0.15, 0.2) is 53.3 Å². The Bertz CT molecular complexity index is 1180. The first-order valence-electron chi connectivity index (χ1n) is 9.04. The van der Waals surface area contributed by atoms with Gasteiger partial charge in [0.1, 0.15) is 0 Å². The number of carbonyl (C=O) groups is 1. The minimum atomic E-state index is -0.190. The first-order valence-corrected chi connectivity index (χ1v) is 9.86. The van der Waals surface area contributed by atoms with Crippen molar-refractivity contribution >= 4 is 44.3 Å². The number of nitrogens with one attached hydrogen (secondary N) is 2. The van der Waals surface area contributed by atoms with Gasteiger partial charge in [0, 0.05) is 19.4 Å². The standard InChI is InChI=1S/C20H19N5O2S/c1-2-25-19(27)13-7-3-4-8-14(13)22-20(25)24-23-17(26)11-12-18-21-15-9-5-6-10-16(15)28-18/h3-10H,2,11-12H2,1H3,(H,22,24)(H,23,26). The minimum absolute atomic E-state index is 0.140. The van der Waals surface area contributed by atoms with Crippen LogP contribution in [-0.2, 0) is 17.8 Å². The number of para-hydroxylation sites is 2. The van der Waals surface area contributed by atoms with E-state index in [0.29, 0.717) is 29.8 Å². The van der Waals surface area contributed by atoms with Gasteiger partial charge in [-0.25, -0.2) is 9.97 Å². The van der Waals surface area contributed by atoms with Gasteiger partial charge in [-0.2, -0.15) is 0 Å². The predicted molar refractivity (Wildman–Crippen MR) is 111 cm³/mol. The van der Waals surface area contributed by atoms with E-state index in [4.69, 9.17) is 0 Å². The second-order valence-electron chi connectivity index (χ2n) is 6.25. The van der Waals surface area contributed by atoms with E-state index in [9.17, 15) is 9.59 Å². The highest BCUT2D eigenvalue weighted by Crippen LogP contribution is 2.22. The molecule has 0 bridgehead atoms. The summed E-state index contributed by atoms with van der Waals surface area (Å²) in [5, 5.41) is 1.47. The predicted octanol–water partition coefficient (Wildman–Crippen LogP) is 3.10. The molecule has 7 nitrogen and oxygen atoms in total. The van der Waals surface area contributed by atoms with Crippen LogP contribution in [0.5, 0.6) is 0 Å². The number of thiazole rings is 1. The summed E-state index contributed by atoms with van der Waals surface area (Å²) in [6.07, 6.45) is 0.843. The summed E-state index contributed by atoms with van der Waals surface area (Å²) in [6, 6.07) is 15.1. The second kappa shape index (κ2) is 7.77. The molecule has 2 heterocycles. The number of amides is 1. The van der Waals surface area contributed by atoms with Crippen LogP contribution in [0.25, 0.3) is 21.1 Å². The van der Waals surface area contributed by atoms with Crippen molar-refractivity contribution in [1.82, 2.24) is 20.0 Å². The van der Waals surface area contributed by atoms with Gasteiger partial charge >= 0.3 is 0 Å². The molecule has 0 atom stereocenters. The molecule has 2 aromatic carbocycles. The van der Waals surface area contributed by atoms with Gasteiger partial charge in [0.25, 0.3) is 5.56 Å². The molecule has 0 unspecified atom stereocenters. The van der Waals surface area contributed by atoms with Gasteiger partial charge in [0.15, 0.2) is 0 Å². The Morgan fingerprint density at radius 3 is 2.61 bits per heavy atom. The lowest BCUT2D eigenvalue weighted by molar-refractivity contribution is -0.120. The Kier molecular flexibility index (Phi) is 5.03. The fourth-order valence-corrected chi connectivity index (χ4v) is 3.96. The van der Waals surface area contributed by atoms with Gasteiger partial charge < -0.3 is 0 Å². The van der Waals surface area contributed by atoms with Gasteiger partial charge in [0.2, 0.25) is 11.9 Å². The molecular formula is C20H19N5O2S. The number of hydrogen-bond donors (Lipinski definition) is 2. The zero-order valence-electron chi connectivity index (χ0n) is 15.3. The van der Waals surface area contributed by atoms with Crippen LogP contribution in [0.3, 0.4) is 0 Å². The number of benzene rings is 2. The quantitative estimate of drug-likeness (QED) is 0.492. The summed E-state index contributed by atoms with van der Waals surface area (Å²) >= 11 is 1.59. The number of fused-ring (bicyclic) bond motifs is 2. The number of aryl methyl sites for hydroxylation is 1. The van der Waals surface area contributed by atoms with Crippen molar-refractivity contribution in [3.05, 3.63) is 63.9 Å². The van der Waals surface area contributed by atoms with Crippen molar-refractivity contribution in [2.24, 2.45) is 0 Å². The summed E-state index contributed by atoms with van der Waals surface area (Å²) in [5.41, 5.74) is 6.83. The molecule has 0 aliphatic carbocycles. The molecule has 0 aliphatic heterocycles. The molecule has 4 aromatic rings. The molecule has 2 N–H and O–H groups in total. The van der Waals surface area contributed by atoms with E-state index >= 15 is 0 Å². The Morgan fingerprint density at radius 1 is 1.07 bits per heavy atom. The Morgan fingerprint density at radius 2 is 1.82 bits per heavy atom. The van der Waals surface area contributed by atoms with Crippen LogP contribution in [0.4, 0.5) is 5.95 Å². The summed E-state index contributed by atoms with van der Waals surface area (Å²) in [5.74, 6) is 0.129. The van der Waals surface area contributed by atoms with Gasteiger partial charge in [-0.1, -0.05) is 24.3 Å². The summed E-state index contributed by atoms with van der Waals surface area (Å²) < 4.78 is 2.61. The Hall–Kier alpha value is -3.26. The lowest BCUT2D eigenvalue weighted by atomic mass is 10.2. The van der Waals surface area contributed by atoms with Crippen LogP contribution >= 0.6 is 11.3 Å². The molecule has 0 spiro atoms. The van der Waals surface area contributed by atoms with Gasteiger partial charge in [0.05, 0.1) is 26.1 Å². The average molecular weight is 393 g/mol. The van der Waals surface area contributed by atoms with E-state index in [-0.39, 0.29) is 17.9 Å². The smallest absolute Gasteiger partial charge is 0.262 e. The van der Waals surface area contributed by atoms with Crippen molar-refractivity contribution in [3.8, 4) is 0 Å². The number of nitrogens with zero attached hydrogens (tertiary/aromatic N) is 3. The first kappa shape index (κ1) is 18.1. The maximum absolute atomic E-state index is 12.6. The van der Waals surface area contributed by atoms with Gasteiger partial charge in [-0.3, -0.25) is 25.0 Å². The van der Waals surface area contributed by atoms with Crippen LogP contribution in [-0.4, -0.2) is 20.4 Å². The number of hydrogen-bond acceptors (Lipinski definition) is 6. The summed E-state index contributed by atoms with van der Waals surface area (Å²) in [7, 11) is 0. The number of hydrazine groups is 1. The first-order chi connectivity index (χ1) is 13.7. The van der Waals surface area contributed by atoms with Gasteiger partial charge in [-0.05, 0) is 31.2 Å². The van der Waals surface area contributed by atoms with Crippen LogP contribution in [0.2, 0.25) is 0 Å². The third-order valence-corrected chi connectivity index (χ3v) is 5.49. The van der Waals surface area contributed by atoms with E-state index in [2.05, 4.69) is 20.8 Å². The molecule has 8 heteroatoms. The Labute approximate surface area is 165 Å². The molecule has 1 amide bonds. The highest BCUT2D eigenvalue weighted by molar-refractivity contribution is 7.18. The van der Waals surface area contributed by atoms with Crippen LogP contribution in [0.1, 0.15) is 18.4 Å². The average Bonchev–Trinajstić information content (AvgIpc) is 3.14. The monoisotopic (exact) mass is 393 g/mol. The van der Waals surface area contributed by atoms with Crippen molar-refractivity contribution in [2.45, 2.75) is 26.3 Å². The number of rotatable bonds is 6. The molecule has 0 radical (unpaired) electrons. The number of carbonyl (C=O) groups excluding carboxylic acids is 1. The van der Waals surface area contributed by atoms with E-state index in [1.807, 2.05) is 43.3 Å². The van der Waals surface area contributed by atoms with Crippen LogP contribution < -0.4 is 16.4 Å². The Balaban J connectivity index is 1.43. The van der Waals surface area contributed by atoms with E-state index < -0.39 is 0 Å². The lowest BCUT2D eigenvalue weighted by Gasteiger charge is -2.13. The third-order valence-electron chi connectivity index (χ3n) is 4.40. The maximum atomic E-state index is 12.6. The highest BCUT2D eigenvalue weighted by Gasteiger charge is 2.11. The fraction of sp³-hybridized carbons (Fsp3) is 0.200. The normalized spacial score (nSPS) is 11.0. The summed E-state index contributed by atoms with van der Waals surface area (Å²) in [4.78, 5) is 33.8. The SMILES string of the molecule is CCn1c(NNC(=O)CCc2nc3ccccc3s2)nc2ccccc2c1=O. The van der Waals surface area contributed by atoms with Crippen molar-refractivity contribution < 1.29 is 4.79 Å². The molecule has 2 aromatic heterocycles. The highest BCUT2D eigenvalue weighted by atomic mass is 32.1. The summed E-state index contributed by atoms with van der Waals surface area (Å²) in [6.45, 7) is 2.30. The van der Waals surface area contributed by atoms with E-state index in [1.165, 1.54) is 4.57 Å². The molecule has 4 rings (SSSR count). The molecular weight excluding hydrogens is 374 g/mol. The molecule has 0 fully saturated rings. The molecule has 0 saturated heterocycles. The van der Waals surface area contributed by atoms with E-state index in [1.54, 1.807) is 23.5 Å². The zero-order valence-corrected chi connectivity index (χ0v) is 16.1. The van der Waals surface area contributed by atoms with Gasteiger partial charge in [-0.15, -0.1) is 11.3 Å². The third kappa shape index (κ3) is 3.59. The number of aromatic nitrogens is 3. The largest absolute Gasteiger partial charge is 0.277 e.